The maximum absolute atomic E-state index is 13.3. The average molecular weight is 486 g/mol. The van der Waals surface area contributed by atoms with E-state index < -0.39 is 5.25 Å². The first-order chi connectivity index (χ1) is 16.9. The second kappa shape index (κ2) is 11.1. The van der Waals surface area contributed by atoms with Crippen LogP contribution in [0.15, 0.2) is 88.8 Å². The Kier molecular flexibility index (Phi) is 7.77. The first kappa shape index (κ1) is 24.4. The van der Waals surface area contributed by atoms with Crippen molar-refractivity contribution in [2.75, 3.05) is 5.32 Å². The lowest BCUT2D eigenvalue weighted by Crippen LogP contribution is -2.27. The minimum absolute atomic E-state index is 0.0283. The zero-order valence-corrected chi connectivity index (χ0v) is 20.5. The third-order valence-corrected chi connectivity index (χ3v) is 6.82. The SMILES string of the molecule is CC(=O)c1ccc(NC(=O)C(C)Sc2nc3ccccc3c(=O)n2CCCc2ccccc2)cc1. The number of Topliss-reactive ketones (excluding diaryl/α,β-unsaturated/α-hetero) is 1. The highest BCUT2D eigenvalue weighted by atomic mass is 32.2. The van der Waals surface area contributed by atoms with E-state index in [0.29, 0.717) is 33.9 Å². The topological polar surface area (TPSA) is 81.1 Å². The number of carbonyl (C=O) groups is 2. The molecular weight excluding hydrogens is 458 g/mol. The van der Waals surface area contributed by atoms with Gasteiger partial charge >= 0.3 is 0 Å². The van der Waals surface area contributed by atoms with Crippen LogP contribution in [0.25, 0.3) is 10.9 Å². The fraction of sp³-hybridized carbons (Fsp3) is 0.214. The Labute approximate surface area is 208 Å². The van der Waals surface area contributed by atoms with Gasteiger partial charge in [0, 0.05) is 17.8 Å². The molecule has 0 aliphatic carbocycles. The number of nitrogens with one attached hydrogen (secondary N) is 1. The molecule has 6 nitrogen and oxygen atoms in total. The number of benzene rings is 3. The molecular formula is C28H27N3O3S. The minimum Gasteiger partial charge on any atom is -0.325 e. The second-order valence-corrected chi connectivity index (χ2v) is 9.65. The van der Waals surface area contributed by atoms with E-state index in [9.17, 15) is 14.4 Å². The summed E-state index contributed by atoms with van der Waals surface area (Å²) in [6.07, 6.45) is 1.62. The van der Waals surface area contributed by atoms with Crippen LogP contribution in [0.2, 0.25) is 0 Å². The van der Waals surface area contributed by atoms with Gasteiger partial charge in [0.05, 0.1) is 16.2 Å². The van der Waals surface area contributed by atoms with Crippen LogP contribution in [-0.4, -0.2) is 26.5 Å². The molecule has 35 heavy (non-hydrogen) atoms. The van der Waals surface area contributed by atoms with Gasteiger partial charge in [-0.2, -0.15) is 0 Å². The number of rotatable bonds is 9. The fourth-order valence-electron chi connectivity index (χ4n) is 3.76. The Morgan fingerprint density at radius 1 is 0.971 bits per heavy atom. The minimum atomic E-state index is -0.490. The number of amides is 1. The van der Waals surface area contributed by atoms with E-state index in [0.717, 1.165) is 12.8 Å². The molecule has 0 aliphatic rings. The van der Waals surface area contributed by atoms with Crippen molar-refractivity contribution in [3.63, 3.8) is 0 Å². The number of para-hydroxylation sites is 1. The van der Waals surface area contributed by atoms with Gasteiger partial charge in [0.15, 0.2) is 10.9 Å². The lowest BCUT2D eigenvalue weighted by molar-refractivity contribution is -0.115. The summed E-state index contributed by atoms with van der Waals surface area (Å²) >= 11 is 1.27. The van der Waals surface area contributed by atoms with Crippen LogP contribution in [0.3, 0.4) is 0 Å². The molecule has 7 heteroatoms. The van der Waals surface area contributed by atoms with Gasteiger partial charge < -0.3 is 5.32 Å². The fourth-order valence-corrected chi connectivity index (χ4v) is 4.70. The first-order valence-corrected chi connectivity index (χ1v) is 12.4. The van der Waals surface area contributed by atoms with Crippen molar-refractivity contribution < 1.29 is 9.59 Å². The summed E-state index contributed by atoms with van der Waals surface area (Å²) in [7, 11) is 0. The molecule has 0 fully saturated rings. The lowest BCUT2D eigenvalue weighted by Gasteiger charge is -2.16. The normalized spacial score (nSPS) is 11.8. The molecule has 0 aliphatic heterocycles. The van der Waals surface area contributed by atoms with Crippen LogP contribution in [0.1, 0.15) is 36.2 Å². The molecule has 4 rings (SSSR count). The van der Waals surface area contributed by atoms with Crippen molar-refractivity contribution >= 4 is 40.0 Å². The zero-order valence-electron chi connectivity index (χ0n) is 19.7. The lowest BCUT2D eigenvalue weighted by atomic mass is 10.1. The monoisotopic (exact) mass is 485 g/mol. The van der Waals surface area contributed by atoms with Crippen molar-refractivity contribution in [1.82, 2.24) is 9.55 Å². The number of aromatic nitrogens is 2. The maximum Gasteiger partial charge on any atom is 0.262 e. The Balaban J connectivity index is 1.53. The van der Waals surface area contributed by atoms with Crippen LogP contribution in [0.5, 0.6) is 0 Å². The molecule has 0 radical (unpaired) electrons. The van der Waals surface area contributed by atoms with E-state index in [1.54, 1.807) is 41.8 Å². The highest BCUT2D eigenvalue weighted by Gasteiger charge is 2.20. The van der Waals surface area contributed by atoms with Gasteiger partial charge in [-0.3, -0.25) is 19.0 Å². The van der Waals surface area contributed by atoms with Gasteiger partial charge in [0.25, 0.3) is 5.56 Å². The highest BCUT2D eigenvalue weighted by molar-refractivity contribution is 8.00. The average Bonchev–Trinajstić information content (AvgIpc) is 2.86. The van der Waals surface area contributed by atoms with E-state index in [1.165, 1.54) is 24.2 Å². The number of anilines is 1. The number of hydrogen-bond donors (Lipinski definition) is 1. The number of carbonyl (C=O) groups excluding carboxylic acids is 2. The first-order valence-electron chi connectivity index (χ1n) is 11.5. The zero-order chi connectivity index (χ0) is 24.8. The maximum atomic E-state index is 13.3. The number of fused-ring (bicyclic) bond motifs is 1. The molecule has 1 N–H and O–H groups in total. The smallest absolute Gasteiger partial charge is 0.262 e. The Bertz CT molecular complexity index is 1400. The van der Waals surface area contributed by atoms with Gasteiger partial charge in [0.1, 0.15) is 0 Å². The van der Waals surface area contributed by atoms with Crippen LogP contribution in [0, 0.1) is 0 Å². The highest BCUT2D eigenvalue weighted by Crippen LogP contribution is 2.24. The molecule has 1 atom stereocenters. The summed E-state index contributed by atoms with van der Waals surface area (Å²) in [5.74, 6) is -0.233. The summed E-state index contributed by atoms with van der Waals surface area (Å²) in [4.78, 5) is 42.4. The molecule has 0 spiro atoms. The van der Waals surface area contributed by atoms with E-state index in [4.69, 9.17) is 4.98 Å². The standard InChI is InChI=1S/C28H27N3O3S/c1-19(32)22-14-16-23(17-15-22)29-26(33)20(2)35-28-30-25-13-7-6-12-24(25)27(34)31(28)18-8-11-21-9-4-3-5-10-21/h3-7,9-10,12-17,20H,8,11,18H2,1-2H3,(H,29,33). The number of nitrogens with zero attached hydrogens (tertiary/aromatic N) is 2. The van der Waals surface area contributed by atoms with E-state index in [2.05, 4.69) is 17.4 Å². The summed E-state index contributed by atoms with van der Waals surface area (Å²) in [6.45, 7) is 3.80. The number of thioether (sulfide) groups is 1. The summed E-state index contributed by atoms with van der Waals surface area (Å²) in [5, 5.41) is 3.48. The summed E-state index contributed by atoms with van der Waals surface area (Å²) < 4.78 is 1.68. The van der Waals surface area contributed by atoms with Gasteiger partial charge in [0.2, 0.25) is 5.91 Å². The predicted molar refractivity (Wildman–Crippen MR) is 141 cm³/mol. The van der Waals surface area contributed by atoms with Gasteiger partial charge in [-0.1, -0.05) is 54.2 Å². The quantitative estimate of drug-likeness (QED) is 0.196. The van der Waals surface area contributed by atoms with Crippen LogP contribution in [-0.2, 0) is 17.8 Å². The molecule has 1 aromatic heterocycles. The van der Waals surface area contributed by atoms with Crippen molar-refractivity contribution in [3.8, 4) is 0 Å². The van der Waals surface area contributed by atoms with E-state index in [-0.39, 0.29) is 17.2 Å². The van der Waals surface area contributed by atoms with E-state index in [1.807, 2.05) is 36.4 Å². The second-order valence-electron chi connectivity index (χ2n) is 8.34. The number of hydrogen-bond acceptors (Lipinski definition) is 5. The molecule has 1 amide bonds. The van der Waals surface area contributed by atoms with Crippen LogP contribution < -0.4 is 10.9 Å². The Hall–Kier alpha value is -3.71. The Morgan fingerprint density at radius 2 is 1.66 bits per heavy atom. The molecule has 178 valence electrons. The molecule has 1 unspecified atom stereocenters. The number of ketones is 1. The van der Waals surface area contributed by atoms with Crippen molar-refractivity contribution in [1.29, 1.82) is 0 Å². The number of aryl methyl sites for hydroxylation is 1. The Morgan fingerprint density at radius 3 is 2.37 bits per heavy atom. The van der Waals surface area contributed by atoms with E-state index >= 15 is 0 Å². The van der Waals surface area contributed by atoms with Gasteiger partial charge in [-0.25, -0.2) is 4.98 Å². The van der Waals surface area contributed by atoms with Crippen LogP contribution in [0.4, 0.5) is 5.69 Å². The van der Waals surface area contributed by atoms with Gasteiger partial charge in [-0.05, 0) is 68.7 Å². The van der Waals surface area contributed by atoms with Gasteiger partial charge in [-0.15, -0.1) is 0 Å². The van der Waals surface area contributed by atoms with Crippen molar-refractivity contribution in [3.05, 3.63) is 100 Å². The molecule has 3 aromatic carbocycles. The summed E-state index contributed by atoms with van der Waals surface area (Å²) in [5.41, 5.74) is 2.93. The molecule has 1 heterocycles. The third-order valence-electron chi connectivity index (χ3n) is 5.73. The molecule has 0 bridgehead atoms. The summed E-state index contributed by atoms with van der Waals surface area (Å²) in [6, 6.07) is 24.2. The molecule has 4 aromatic rings. The van der Waals surface area contributed by atoms with Crippen molar-refractivity contribution in [2.24, 2.45) is 0 Å². The predicted octanol–water partition coefficient (Wildman–Crippen LogP) is 5.35. The molecule has 0 saturated carbocycles. The van der Waals surface area contributed by atoms with Crippen LogP contribution >= 0.6 is 11.8 Å². The largest absolute Gasteiger partial charge is 0.325 e. The van der Waals surface area contributed by atoms with Crippen molar-refractivity contribution in [2.45, 2.75) is 43.6 Å². The third kappa shape index (κ3) is 6.05. The molecule has 0 saturated heterocycles.